The van der Waals surface area contributed by atoms with E-state index in [0.29, 0.717) is 17.3 Å². The first-order valence-corrected chi connectivity index (χ1v) is 8.74. The van der Waals surface area contributed by atoms with Crippen LogP contribution in [0.1, 0.15) is 46.9 Å². The number of esters is 1. The molecule has 0 unspecified atom stereocenters. The van der Waals surface area contributed by atoms with Crippen LogP contribution in [0.4, 0.5) is 5.69 Å². The summed E-state index contributed by atoms with van der Waals surface area (Å²) in [7, 11) is 0. The van der Waals surface area contributed by atoms with Gasteiger partial charge in [0.15, 0.2) is 5.11 Å². The number of carbonyl (C=O) groups is 1. The number of anilines is 1. The predicted octanol–water partition coefficient (Wildman–Crippen LogP) is 4.53. The summed E-state index contributed by atoms with van der Waals surface area (Å²) in [5.74, 6) is -0.323. The zero-order valence-corrected chi connectivity index (χ0v) is 15.9. The molecule has 0 saturated heterocycles. The zero-order valence-electron chi connectivity index (χ0n) is 15.1. The lowest BCUT2D eigenvalue weighted by Crippen LogP contribution is -2.31. The van der Waals surface area contributed by atoms with Crippen LogP contribution in [0.25, 0.3) is 0 Å². The third kappa shape index (κ3) is 4.79. The topological polar surface area (TPSA) is 50.4 Å². The predicted molar refractivity (Wildman–Crippen MR) is 106 cm³/mol. The van der Waals surface area contributed by atoms with Crippen molar-refractivity contribution < 1.29 is 9.53 Å². The van der Waals surface area contributed by atoms with Gasteiger partial charge in [-0.25, -0.2) is 4.79 Å². The molecule has 4 nitrogen and oxygen atoms in total. The summed E-state index contributed by atoms with van der Waals surface area (Å²) in [6.07, 6.45) is 0. The number of nitrogens with one attached hydrogen (secondary N) is 2. The van der Waals surface area contributed by atoms with Crippen molar-refractivity contribution in [3.63, 3.8) is 0 Å². The molecule has 2 aromatic carbocycles. The minimum atomic E-state index is -0.323. The molecule has 2 rings (SSSR count). The summed E-state index contributed by atoms with van der Waals surface area (Å²) in [5, 5.41) is 6.98. The lowest BCUT2D eigenvalue weighted by Gasteiger charge is -2.20. The van der Waals surface area contributed by atoms with Crippen molar-refractivity contribution >= 4 is 29.0 Å². The molecule has 0 aliphatic rings. The lowest BCUT2D eigenvalue weighted by molar-refractivity contribution is 0.0525. The Bertz CT molecular complexity index is 774. The van der Waals surface area contributed by atoms with Crippen LogP contribution in [0.5, 0.6) is 0 Å². The average Bonchev–Trinajstić information content (AvgIpc) is 2.57. The molecule has 25 heavy (non-hydrogen) atoms. The highest BCUT2D eigenvalue weighted by Gasteiger charge is 2.14. The Hall–Kier alpha value is -2.40. The fourth-order valence-electron chi connectivity index (χ4n) is 2.71. The molecule has 0 aromatic heterocycles. The third-order valence-electron chi connectivity index (χ3n) is 4.08. The fourth-order valence-corrected chi connectivity index (χ4v) is 2.99. The van der Waals surface area contributed by atoms with E-state index in [9.17, 15) is 4.79 Å². The molecule has 0 bridgehead atoms. The molecule has 0 radical (unpaired) electrons. The van der Waals surface area contributed by atoms with Crippen LogP contribution in [0, 0.1) is 13.8 Å². The van der Waals surface area contributed by atoms with Crippen molar-refractivity contribution in [1.82, 2.24) is 5.32 Å². The van der Waals surface area contributed by atoms with Crippen LogP contribution < -0.4 is 10.6 Å². The summed E-state index contributed by atoms with van der Waals surface area (Å²) < 4.78 is 5.09. The second kappa shape index (κ2) is 8.62. The largest absolute Gasteiger partial charge is 0.462 e. The first kappa shape index (κ1) is 18.9. The van der Waals surface area contributed by atoms with E-state index in [1.165, 1.54) is 11.1 Å². The van der Waals surface area contributed by atoms with Crippen molar-refractivity contribution in [3.05, 3.63) is 64.7 Å². The maximum absolute atomic E-state index is 12.0. The molecular weight excluding hydrogens is 332 g/mol. The van der Waals surface area contributed by atoms with Gasteiger partial charge >= 0.3 is 5.97 Å². The Balaban J connectivity index is 2.09. The van der Waals surface area contributed by atoms with E-state index in [2.05, 4.69) is 36.6 Å². The summed E-state index contributed by atoms with van der Waals surface area (Å²) in [6, 6.07) is 13.7. The Morgan fingerprint density at radius 1 is 1.16 bits per heavy atom. The van der Waals surface area contributed by atoms with E-state index in [1.54, 1.807) is 13.0 Å². The third-order valence-corrected chi connectivity index (χ3v) is 4.30. The monoisotopic (exact) mass is 356 g/mol. The molecule has 0 saturated carbocycles. The molecule has 2 N–H and O–H groups in total. The number of thiocarbonyl (C=S) groups is 1. The van der Waals surface area contributed by atoms with Crippen LogP contribution in [0.15, 0.2) is 42.5 Å². The molecule has 0 aliphatic heterocycles. The van der Waals surface area contributed by atoms with Crippen LogP contribution in [0.3, 0.4) is 0 Å². The first-order chi connectivity index (χ1) is 11.9. The highest BCUT2D eigenvalue weighted by molar-refractivity contribution is 7.80. The molecule has 0 aliphatic carbocycles. The van der Waals surface area contributed by atoms with Crippen molar-refractivity contribution in [3.8, 4) is 0 Å². The molecule has 0 amide bonds. The van der Waals surface area contributed by atoms with Crippen LogP contribution in [-0.4, -0.2) is 17.7 Å². The van der Waals surface area contributed by atoms with Crippen molar-refractivity contribution in [2.75, 3.05) is 11.9 Å². The van der Waals surface area contributed by atoms with Crippen LogP contribution >= 0.6 is 12.2 Å². The van der Waals surface area contributed by atoms with E-state index in [-0.39, 0.29) is 12.0 Å². The number of ether oxygens (including phenoxy) is 1. The molecule has 2 aromatic rings. The summed E-state index contributed by atoms with van der Waals surface area (Å²) >= 11 is 5.44. The van der Waals surface area contributed by atoms with Crippen LogP contribution in [-0.2, 0) is 4.74 Å². The average molecular weight is 356 g/mol. The quantitative estimate of drug-likeness (QED) is 0.609. The van der Waals surface area contributed by atoms with Gasteiger partial charge in [0.25, 0.3) is 0 Å². The van der Waals surface area contributed by atoms with E-state index >= 15 is 0 Å². The Labute approximate surface area is 154 Å². The number of carbonyl (C=O) groups excluding carboxylic acids is 1. The molecule has 0 fully saturated rings. The summed E-state index contributed by atoms with van der Waals surface area (Å²) in [5.41, 5.74) is 4.56. The van der Waals surface area contributed by atoms with E-state index < -0.39 is 0 Å². The maximum Gasteiger partial charge on any atom is 0.338 e. The highest BCUT2D eigenvalue weighted by Crippen LogP contribution is 2.21. The molecule has 1 atom stereocenters. The maximum atomic E-state index is 12.0. The van der Waals surface area contributed by atoms with Crippen molar-refractivity contribution in [2.45, 2.75) is 33.7 Å². The van der Waals surface area contributed by atoms with E-state index in [4.69, 9.17) is 17.0 Å². The minimum absolute atomic E-state index is 0.0785. The first-order valence-electron chi connectivity index (χ1n) is 8.33. The van der Waals surface area contributed by atoms with Gasteiger partial charge in [0.2, 0.25) is 0 Å². The van der Waals surface area contributed by atoms with Crippen molar-refractivity contribution in [2.24, 2.45) is 0 Å². The SMILES string of the molecule is CCOC(=O)c1cccc(NC(=S)N[C@@H](C)c2ccccc2C)c1C. The lowest BCUT2D eigenvalue weighted by atomic mass is 10.0. The molecule has 5 heteroatoms. The van der Waals surface area contributed by atoms with Gasteiger partial charge in [0.05, 0.1) is 18.2 Å². The van der Waals surface area contributed by atoms with Gasteiger partial charge in [-0.1, -0.05) is 30.3 Å². The summed E-state index contributed by atoms with van der Waals surface area (Å²) in [6.45, 7) is 8.17. The fraction of sp³-hybridized carbons (Fsp3) is 0.300. The smallest absolute Gasteiger partial charge is 0.338 e. The van der Waals surface area contributed by atoms with Gasteiger partial charge in [0.1, 0.15) is 0 Å². The van der Waals surface area contributed by atoms with Gasteiger partial charge in [-0.2, -0.15) is 0 Å². The highest BCUT2D eigenvalue weighted by atomic mass is 32.1. The second-order valence-corrected chi connectivity index (χ2v) is 6.28. The number of rotatable bonds is 5. The Morgan fingerprint density at radius 3 is 2.56 bits per heavy atom. The van der Waals surface area contributed by atoms with Gasteiger partial charge in [-0.3, -0.25) is 0 Å². The molecule has 0 heterocycles. The van der Waals surface area contributed by atoms with Gasteiger partial charge in [0, 0.05) is 5.69 Å². The normalized spacial score (nSPS) is 11.5. The summed E-state index contributed by atoms with van der Waals surface area (Å²) in [4.78, 5) is 12.0. The molecule has 132 valence electrons. The number of aryl methyl sites for hydroxylation is 1. The van der Waals surface area contributed by atoms with Gasteiger partial charge in [-0.15, -0.1) is 0 Å². The Kier molecular flexibility index (Phi) is 6.53. The molecular formula is C20H24N2O2S. The molecule has 0 spiro atoms. The zero-order chi connectivity index (χ0) is 18.4. The van der Waals surface area contributed by atoms with Gasteiger partial charge in [-0.05, 0) is 68.7 Å². The van der Waals surface area contributed by atoms with Crippen LogP contribution in [0.2, 0.25) is 0 Å². The standard InChI is InChI=1S/C20H24N2O2S/c1-5-24-19(23)17-11-8-12-18(14(17)3)22-20(25)21-15(4)16-10-7-6-9-13(16)2/h6-12,15H,5H2,1-4H3,(H2,21,22,25)/t15-/m0/s1. The number of hydrogen-bond acceptors (Lipinski definition) is 3. The Morgan fingerprint density at radius 2 is 1.88 bits per heavy atom. The van der Waals surface area contributed by atoms with E-state index in [0.717, 1.165) is 11.3 Å². The number of benzene rings is 2. The minimum Gasteiger partial charge on any atom is -0.462 e. The van der Waals surface area contributed by atoms with Crippen molar-refractivity contribution in [1.29, 1.82) is 0 Å². The van der Waals surface area contributed by atoms with E-state index in [1.807, 2.05) is 31.2 Å². The second-order valence-electron chi connectivity index (χ2n) is 5.88. The number of hydrogen-bond donors (Lipinski definition) is 2. The van der Waals surface area contributed by atoms with Gasteiger partial charge < -0.3 is 15.4 Å².